The average Bonchev–Trinajstić information content (AvgIpc) is 2.71. The maximum absolute atomic E-state index is 14.8. The minimum atomic E-state index is -0.756. The van der Waals surface area contributed by atoms with Crippen LogP contribution in [0.4, 0.5) is 19.7 Å². The SMILES string of the molecule is COC(=O)N1CCN(Cc2cccc(NC(=O)Oc3ccccc3)c2F)CC1.Cl. The number of nitrogens with zero attached hydrogens (tertiary/aromatic N) is 2. The van der Waals surface area contributed by atoms with Gasteiger partial charge in [-0.15, -0.1) is 12.4 Å². The zero-order chi connectivity index (χ0) is 19.9. The van der Waals surface area contributed by atoms with Gasteiger partial charge in [0.15, 0.2) is 5.82 Å². The number of amides is 2. The number of hydrogen-bond acceptors (Lipinski definition) is 5. The van der Waals surface area contributed by atoms with E-state index in [1.54, 1.807) is 47.4 Å². The lowest BCUT2D eigenvalue weighted by atomic mass is 10.1. The molecule has 9 heteroatoms. The fourth-order valence-electron chi connectivity index (χ4n) is 2.99. The Morgan fingerprint density at radius 3 is 2.38 bits per heavy atom. The Morgan fingerprint density at radius 1 is 1.03 bits per heavy atom. The lowest BCUT2D eigenvalue weighted by Crippen LogP contribution is -2.48. The molecule has 0 aromatic heterocycles. The number of ether oxygens (including phenoxy) is 2. The summed E-state index contributed by atoms with van der Waals surface area (Å²) in [5.74, 6) is -0.122. The maximum atomic E-state index is 14.8. The lowest BCUT2D eigenvalue weighted by molar-refractivity contribution is 0.0885. The molecule has 7 nitrogen and oxygen atoms in total. The molecule has 2 aromatic carbocycles. The zero-order valence-electron chi connectivity index (χ0n) is 16.0. The van der Waals surface area contributed by atoms with Crippen LogP contribution in [-0.2, 0) is 11.3 Å². The Bertz CT molecular complexity index is 830. The van der Waals surface area contributed by atoms with Gasteiger partial charge < -0.3 is 14.4 Å². The van der Waals surface area contributed by atoms with E-state index in [1.165, 1.54) is 13.2 Å². The van der Waals surface area contributed by atoms with E-state index in [0.717, 1.165) is 0 Å². The number of piperazine rings is 1. The van der Waals surface area contributed by atoms with Crippen molar-refractivity contribution < 1.29 is 23.5 Å². The largest absolute Gasteiger partial charge is 0.453 e. The molecule has 0 spiro atoms. The van der Waals surface area contributed by atoms with Gasteiger partial charge in [-0.2, -0.15) is 0 Å². The van der Waals surface area contributed by atoms with Crippen molar-refractivity contribution >= 4 is 30.3 Å². The number of methoxy groups -OCH3 is 1. The van der Waals surface area contributed by atoms with Crippen molar-refractivity contribution in [2.75, 3.05) is 38.6 Å². The number of anilines is 1. The smallest absolute Gasteiger partial charge is 0.417 e. The number of carbonyl (C=O) groups is 2. The lowest BCUT2D eigenvalue weighted by Gasteiger charge is -2.33. The average molecular weight is 424 g/mol. The van der Waals surface area contributed by atoms with Gasteiger partial charge in [0.05, 0.1) is 12.8 Å². The van der Waals surface area contributed by atoms with Gasteiger partial charge in [-0.25, -0.2) is 14.0 Å². The van der Waals surface area contributed by atoms with E-state index in [9.17, 15) is 14.0 Å². The van der Waals surface area contributed by atoms with Crippen LogP contribution in [0.3, 0.4) is 0 Å². The standard InChI is InChI=1S/C20H22FN3O4.ClH/c1-27-20(26)24-12-10-23(11-13-24)14-15-6-5-9-17(18(15)21)22-19(25)28-16-7-3-2-4-8-16;/h2-9H,10-14H2,1H3,(H,22,25);1H. The van der Waals surface area contributed by atoms with Gasteiger partial charge in [0.1, 0.15) is 5.75 Å². The minimum absolute atomic E-state index is 0. The molecule has 1 N–H and O–H groups in total. The summed E-state index contributed by atoms with van der Waals surface area (Å²) < 4.78 is 24.7. The summed E-state index contributed by atoms with van der Waals surface area (Å²) in [6.45, 7) is 2.65. The molecule has 156 valence electrons. The predicted molar refractivity (Wildman–Crippen MR) is 109 cm³/mol. The second-order valence-corrected chi connectivity index (χ2v) is 6.34. The first-order valence-corrected chi connectivity index (χ1v) is 8.93. The molecule has 2 aromatic rings. The first-order chi connectivity index (χ1) is 13.6. The topological polar surface area (TPSA) is 71.1 Å². The van der Waals surface area contributed by atoms with Crippen molar-refractivity contribution in [3.8, 4) is 5.75 Å². The predicted octanol–water partition coefficient (Wildman–Crippen LogP) is 3.74. The molecule has 3 rings (SSSR count). The Morgan fingerprint density at radius 2 is 1.72 bits per heavy atom. The van der Waals surface area contributed by atoms with E-state index in [1.807, 2.05) is 4.90 Å². The number of benzene rings is 2. The highest BCUT2D eigenvalue weighted by molar-refractivity contribution is 5.86. The Hall–Kier alpha value is -2.84. The normalized spacial score (nSPS) is 13.9. The van der Waals surface area contributed by atoms with Gasteiger partial charge in [-0.1, -0.05) is 30.3 Å². The molecule has 1 fully saturated rings. The molecule has 1 aliphatic rings. The minimum Gasteiger partial charge on any atom is -0.453 e. The Kier molecular flexibility index (Phi) is 8.23. The third kappa shape index (κ3) is 6.07. The summed E-state index contributed by atoms with van der Waals surface area (Å²) in [6.07, 6.45) is -1.11. The molecule has 1 heterocycles. The van der Waals surface area contributed by atoms with Crippen molar-refractivity contribution in [2.24, 2.45) is 0 Å². The van der Waals surface area contributed by atoms with E-state index < -0.39 is 11.9 Å². The highest BCUT2D eigenvalue weighted by Gasteiger charge is 2.22. The molecule has 29 heavy (non-hydrogen) atoms. The van der Waals surface area contributed by atoms with E-state index >= 15 is 0 Å². The van der Waals surface area contributed by atoms with Crippen LogP contribution in [-0.4, -0.2) is 55.3 Å². The Labute approximate surface area is 174 Å². The molecule has 0 saturated carbocycles. The molecule has 0 bridgehead atoms. The van der Waals surface area contributed by atoms with Crippen molar-refractivity contribution in [1.82, 2.24) is 9.80 Å². The number of nitrogens with one attached hydrogen (secondary N) is 1. The van der Waals surface area contributed by atoms with Crippen molar-refractivity contribution in [1.29, 1.82) is 0 Å². The summed E-state index contributed by atoms with van der Waals surface area (Å²) in [6, 6.07) is 13.4. The summed E-state index contributed by atoms with van der Waals surface area (Å²) in [5.41, 5.74) is 0.524. The molecule has 1 aliphatic heterocycles. The number of rotatable bonds is 4. The molecular formula is C20H23ClFN3O4. The first-order valence-electron chi connectivity index (χ1n) is 8.93. The molecule has 0 unspecified atom stereocenters. The fraction of sp³-hybridized carbons (Fsp3) is 0.300. The summed E-state index contributed by atoms with van der Waals surface area (Å²) in [5, 5.41) is 2.44. The first kappa shape index (κ1) is 22.4. The second kappa shape index (κ2) is 10.6. The van der Waals surface area contributed by atoms with Crippen LogP contribution in [0.15, 0.2) is 48.5 Å². The molecule has 0 aliphatic carbocycles. The van der Waals surface area contributed by atoms with Crippen LogP contribution in [0.25, 0.3) is 0 Å². The molecule has 0 radical (unpaired) electrons. The van der Waals surface area contributed by atoms with Crippen molar-refractivity contribution in [3.05, 3.63) is 59.9 Å². The molecule has 1 saturated heterocycles. The van der Waals surface area contributed by atoms with Crippen molar-refractivity contribution in [2.45, 2.75) is 6.54 Å². The van der Waals surface area contributed by atoms with Crippen molar-refractivity contribution in [3.63, 3.8) is 0 Å². The highest BCUT2D eigenvalue weighted by atomic mass is 35.5. The summed E-state index contributed by atoms with van der Waals surface area (Å²) >= 11 is 0. The quantitative estimate of drug-likeness (QED) is 0.811. The van der Waals surface area contributed by atoms with E-state index in [2.05, 4.69) is 5.32 Å². The number of halogens is 2. The van der Waals surface area contributed by atoms with Crippen LogP contribution in [0.2, 0.25) is 0 Å². The van der Waals surface area contributed by atoms with Crippen LogP contribution >= 0.6 is 12.4 Å². The van der Waals surface area contributed by atoms with E-state index in [0.29, 0.717) is 44.0 Å². The second-order valence-electron chi connectivity index (χ2n) is 6.34. The maximum Gasteiger partial charge on any atom is 0.417 e. The van der Waals surface area contributed by atoms with Crippen LogP contribution in [0.5, 0.6) is 5.75 Å². The fourth-order valence-corrected chi connectivity index (χ4v) is 2.99. The van der Waals surface area contributed by atoms with Crippen LogP contribution < -0.4 is 10.1 Å². The van der Waals surface area contributed by atoms with Crippen LogP contribution in [0, 0.1) is 5.82 Å². The van der Waals surface area contributed by atoms with Gasteiger partial charge in [-0.3, -0.25) is 10.2 Å². The third-order valence-corrected chi connectivity index (χ3v) is 4.47. The molecular weight excluding hydrogens is 401 g/mol. The van der Waals surface area contributed by atoms with Gasteiger partial charge in [0.2, 0.25) is 0 Å². The third-order valence-electron chi connectivity index (χ3n) is 4.47. The van der Waals surface area contributed by atoms with Gasteiger partial charge >= 0.3 is 12.2 Å². The van der Waals surface area contributed by atoms with Gasteiger partial charge in [0.25, 0.3) is 0 Å². The van der Waals surface area contributed by atoms with Crippen LogP contribution in [0.1, 0.15) is 5.56 Å². The van der Waals surface area contributed by atoms with E-state index in [-0.39, 0.29) is 24.2 Å². The van der Waals surface area contributed by atoms with E-state index in [4.69, 9.17) is 9.47 Å². The monoisotopic (exact) mass is 423 g/mol. The van der Waals surface area contributed by atoms with Gasteiger partial charge in [-0.05, 0) is 18.2 Å². The zero-order valence-corrected chi connectivity index (χ0v) is 16.8. The number of carbonyl (C=O) groups excluding carboxylic acids is 2. The molecule has 0 atom stereocenters. The number of hydrogen-bond donors (Lipinski definition) is 1. The van der Waals surface area contributed by atoms with Gasteiger partial charge in [0, 0.05) is 38.3 Å². The summed E-state index contributed by atoms with van der Waals surface area (Å²) in [4.78, 5) is 27.2. The molecule has 2 amide bonds. The highest BCUT2D eigenvalue weighted by Crippen LogP contribution is 2.21. The number of para-hydroxylation sites is 1. The summed E-state index contributed by atoms with van der Waals surface area (Å²) in [7, 11) is 1.35. The Balaban J connectivity index is 0.00000300.